The summed E-state index contributed by atoms with van der Waals surface area (Å²) in [7, 11) is 4.51. The lowest BCUT2D eigenvalue weighted by Gasteiger charge is -1.88. The summed E-state index contributed by atoms with van der Waals surface area (Å²) in [4.78, 5) is 13.8. The lowest BCUT2D eigenvalue weighted by atomic mass is 10.5. The number of carbonyl (C=O) groups is 1. The number of oxazole rings is 1. The quantitative estimate of drug-likeness (QED) is 0.489. The van der Waals surface area contributed by atoms with E-state index in [4.69, 9.17) is 0 Å². The van der Waals surface area contributed by atoms with Gasteiger partial charge < -0.3 is 9.07 Å². The van der Waals surface area contributed by atoms with Crippen LogP contribution in [-0.2, 0) is 4.65 Å². The molecule has 0 aliphatic carbocycles. The largest absolute Gasteiger partial charge is 0.536 e. The predicted octanol–water partition coefficient (Wildman–Crippen LogP) is -0.0851. The molecule has 0 saturated heterocycles. The minimum Gasteiger partial charge on any atom is -0.536 e. The molecule has 0 atom stereocenters. The van der Waals surface area contributed by atoms with Crippen LogP contribution in [0.5, 0.6) is 0 Å². The van der Waals surface area contributed by atoms with Crippen LogP contribution in [0.4, 0.5) is 0 Å². The lowest BCUT2D eigenvalue weighted by molar-refractivity contribution is 0.0708. The Hall–Kier alpha value is -1.26. The maximum absolute atomic E-state index is 10.4. The van der Waals surface area contributed by atoms with Gasteiger partial charge in [-0.1, -0.05) is 0 Å². The average Bonchev–Trinajstić information content (AvgIpc) is 2.37. The SMILES string of the molecule is [B]OC(=O)c1ncco1. The molecule has 0 spiro atoms. The number of hydrogen-bond acceptors (Lipinski definition) is 4. The summed E-state index contributed by atoms with van der Waals surface area (Å²) in [5, 5.41) is 0. The van der Waals surface area contributed by atoms with Crippen molar-refractivity contribution in [3.05, 3.63) is 18.4 Å². The molecule has 9 heavy (non-hydrogen) atoms. The fourth-order valence-corrected chi connectivity index (χ4v) is 0.375. The van der Waals surface area contributed by atoms with E-state index in [9.17, 15) is 4.79 Å². The Morgan fingerprint density at radius 3 is 3.11 bits per heavy atom. The third-order valence-corrected chi connectivity index (χ3v) is 0.714. The van der Waals surface area contributed by atoms with Gasteiger partial charge >= 0.3 is 19.9 Å². The van der Waals surface area contributed by atoms with Crippen LogP contribution in [0.25, 0.3) is 0 Å². The molecule has 1 aromatic heterocycles. The van der Waals surface area contributed by atoms with Gasteiger partial charge in [0.15, 0.2) is 0 Å². The normalized spacial score (nSPS) is 8.89. The molecule has 0 aromatic carbocycles. The lowest BCUT2D eigenvalue weighted by Crippen LogP contribution is -2.01. The molecule has 0 aliphatic heterocycles. The number of nitrogens with zero attached hydrogens (tertiary/aromatic N) is 1. The van der Waals surface area contributed by atoms with Gasteiger partial charge in [0.1, 0.15) is 6.26 Å². The van der Waals surface area contributed by atoms with Crippen molar-refractivity contribution in [3.63, 3.8) is 0 Å². The summed E-state index contributed by atoms with van der Waals surface area (Å²) in [5.74, 6) is -0.919. The first-order chi connectivity index (χ1) is 4.34. The van der Waals surface area contributed by atoms with Crippen molar-refractivity contribution in [2.24, 2.45) is 0 Å². The van der Waals surface area contributed by atoms with E-state index < -0.39 is 5.97 Å². The molecule has 4 nitrogen and oxygen atoms in total. The average molecular weight is 123 g/mol. The van der Waals surface area contributed by atoms with Gasteiger partial charge in [0.25, 0.3) is 0 Å². The van der Waals surface area contributed by atoms with Crippen LogP contribution in [0.2, 0.25) is 0 Å². The van der Waals surface area contributed by atoms with E-state index in [0.717, 1.165) is 0 Å². The molecular formula is C4H2BNO3. The minimum atomic E-state index is -0.778. The molecule has 1 heterocycles. The Morgan fingerprint density at radius 2 is 2.67 bits per heavy atom. The van der Waals surface area contributed by atoms with Crippen molar-refractivity contribution in [3.8, 4) is 0 Å². The van der Waals surface area contributed by atoms with E-state index in [1.807, 2.05) is 0 Å². The van der Waals surface area contributed by atoms with Crippen molar-refractivity contribution in [1.82, 2.24) is 4.98 Å². The molecular weight excluding hydrogens is 121 g/mol. The first kappa shape index (κ1) is 5.87. The first-order valence-electron chi connectivity index (χ1n) is 2.15. The second-order valence-corrected chi connectivity index (χ2v) is 1.24. The Labute approximate surface area is 52.3 Å². The predicted molar refractivity (Wildman–Crippen MR) is 27.7 cm³/mol. The minimum absolute atomic E-state index is 0.141. The van der Waals surface area contributed by atoms with E-state index in [-0.39, 0.29) is 5.89 Å². The summed E-state index contributed by atoms with van der Waals surface area (Å²) >= 11 is 0. The van der Waals surface area contributed by atoms with Crippen LogP contribution >= 0.6 is 0 Å². The van der Waals surface area contributed by atoms with Crippen LogP contribution in [-0.4, -0.2) is 19.0 Å². The zero-order valence-corrected chi connectivity index (χ0v) is 4.40. The Bertz CT molecular complexity index is 196. The van der Waals surface area contributed by atoms with Crippen LogP contribution in [0.15, 0.2) is 16.9 Å². The molecule has 2 radical (unpaired) electrons. The molecule has 1 rings (SSSR count). The Morgan fingerprint density at radius 1 is 1.89 bits per heavy atom. The van der Waals surface area contributed by atoms with Crippen LogP contribution in [0, 0.1) is 0 Å². The second-order valence-electron chi connectivity index (χ2n) is 1.24. The molecule has 0 bridgehead atoms. The molecule has 5 heteroatoms. The van der Waals surface area contributed by atoms with Gasteiger partial charge in [0.2, 0.25) is 0 Å². The summed E-state index contributed by atoms with van der Waals surface area (Å²) < 4.78 is 8.32. The summed E-state index contributed by atoms with van der Waals surface area (Å²) in [6, 6.07) is 0. The highest BCUT2D eigenvalue weighted by Crippen LogP contribution is 1.94. The smallest absolute Gasteiger partial charge is 0.379 e. The monoisotopic (exact) mass is 123 g/mol. The number of rotatable bonds is 1. The number of carbonyl (C=O) groups excluding carboxylic acids is 1. The summed E-state index contributed by atoms with van der Waals surface area (Å²) in [6.45, 7) is 0. The summed E-state index contributed by atoms with van der Waals surface area (Å²) in [5.41, 5.74) is 0. The molecule has 44 valence electrons. The van der Waals surface area contributed by atoms with Gasteiger partial charge in [-0.15, -0.1) is 0 Å². The number of aromatic nitrogens is 1. The summed E-state index contributed by atoms with van der Waals surface area (Å²) in [6.07, 6.45) is 2.58. The van der Waals surface area contributed by atoms with Gasteiger partial charge in [-0.05, 0) is 0 Å². The fourth-order valence-electron chi connectivity index (χ4n) is 0.375. The zero-order chi connectivity index (χ0) is 6.69. The van der Waals surface area contributed by atoms with E-state index in [2.05, 4.69) is 22.1 Å². The first-order valence-corrected chi connectivity index (χ1v) is 2.15. The van der Waals surface area contributed by atoms with Crippen LogP contribution < -0.4 is 0 Å². The maximum Gasteiger partial charge on any atom is 0.379 e. The number of hydrogen-bond donors (Lipinski definition) is 0. The molecule has 0 N–H and O–H groups in total. The van der Waals surface area contributed by atoms with E-state index >= 15 is 0 Å². The standard InChI is InChI=1S/C4H2BNO3/c5-9-4(7)3-6-1-2-8-3/h1-2H. The highest BCUT2D eigenvalue weighted by molar-refractivity contribution is 6.08. The molecule has 0 aliphatic rings. The van der Waals surface area contributed by atoms with Gasteiger partial charge in [-0.2, -0.15) is 0 Å². The van der Waals surface area contributed by atoms with Crippen LogP contribution in [0.3, 0.4) is 0 Å². The van der Waals surface area contributed by atoms with Gasteiger partial charge in [0.05, 0.1) is 6.20 Å². The van der Waals surface area contributed by atoms with E-state index in [0.29, 0.717) is 0 Å². The van der Waals surface area contributed by atoms with Gasteiger partial charge in [-0.3, -0.25) is 0 Å². The molecule has 0 amide bonds. The van der Waals surface area contributed by atoms with Crippen molar-refractivity contribution in [2.75, 3.05) is 0 Å². The topological polar surface area (TPSA) is 52.3 Å². The molecule has 0 fully saturated rings. The van der Waals surface area contributed by atoms with Gasteiger partial charge in [0, 0.05) is 0 Å². The van der Waals surface area contributed by atoms with Gasteiger partial charge in [-0.25, -0.2) is 9.78 Å². The molecule has 0 unspecified atom stereocenters. The zero-order valence-electron chi connectivity index (χ0n) is 4.40. The highest BCUT2D eigenvalue weighted by atomic mass is 16.5. The molecule has 0 saturated carbocycles. The van der Waals surface area contributed by atoms with Crippen molar-refractivity contribution in [2.45, 2.75) is 0 Å². The molecule has 1 aromatic rings. The Kier molecular flexibility index (Phi) is 1.53. The van der Waals surface area contributed by atoms with Crippen molar-refractivity contribution in [1.29, 1.82) is 0 Å². The van der Waals surface area contributed by atoms with E-state index in [1.54, 1.807) is 0 Å². The Balaban J connectivity index is 2.77. The van der Waals surface area contributed by atoms with E-state index in [1.165, 1.54) is 12.5 Å². The third-order valence-electron chi connectivity index (χ3n) is 0.714. The highest BCUT2D eigenvalue weighted by Gasteiger charge is 2.07. The van der Waals surface area contributed by atoms with Crippen molar-refractivity contribution < 1.29 is 13.9 Å². The van der Waals surface area contributed by atoms with Crippen LogP contribution in [0.1, 0.15) is 10.7 Å². The third kappa shape index (κ3) is 1.10. The van der Waals surface area contributed by atoms with Crippen molar-refractivity contribution >= 4 is 14.0 Å². The fraction of sp³-hybridized carbons (Fsp3) is 0. The second kappa shape index (κ2) is 2.34. The maximum atomic E-state index is 10.4.